The number of phenols is 1. The number of rotatable bonds is 2. The van der Waals surface area contributed by atoms with Crippen LogP contribution in [0.2, 0.25) is 0 Å². The average molecular weight is 249 g/mol. The molecule has 1 fully saturated rings. The van der Waals surface area contributed by atoms with Crippen molar-refractivity contribution in [1.29, 1.82) is 0 Å². The number of benzene rings is 1. The van der Waals surface area contributed by atoms with Crippen LogP contribution in [0.25, 0.3) is 0 Å². The van der Waals surface area contributed by atoms with Crippen molar-refractivity contribution in [2.24, 2.45) is 5.92 Å². The molecule has 5 heteroatoms. The second kappa shape index (κ2) is 4.68. The van der Waals surface area contributed by atoms with E-state index in [1.807, 2.05) is 0 Å². The van der Waals surface area contributed by atoms with Gasteiger partial charge < -0.3 is 15.1 Å². The quantitative estimate of drug-likeness (QED) is 0.828. The van der Waals surface area contributed by atoms with Crippen molar-refractivity contribution in [3.8, 4) is 5.75 Å². The molecule has 0 spiro atoms. The lowest BCUT2D eigenvalue weighted by Crippen LogP contribution is -2.37. The van der Waals surface area contributed by atoms with E-state index in [9.17, 15) is 9.59 Å². The first-order valence-electron chi connectivity index (χ1n) is 5.83. The van der Waals surface area contributed by atoms with Crippen LogP contribution in [0.15, 0.2) is 24.3 Å². The number of likely N-dealkylation sites (tertiary alicyclic amines) is 1. The van der Waals surface area contributed by atoms with E-state index in [4.69, 9.17) is 10.2 Å². The topological polar surface area (TPSA) is 77.8 Å². The minimum Gasteiger partial charge on any atom is -0.508 e. The van der Waals surface area contributed by atoms with Gasteiger partial charge in [0.15, 0.2) is 0 Å². The number of carbonyl (C=O) groups is 2. The SMILES string of the molecule is CC1C(C(=O)O)CCN1C(=O)c1ccc(O)cc1. The third kappa shape index (κ3) is 2.16. The molecule has 1 saturated heterocycles. The molecule has 1 amide bonds. The van der Waals surface area contributed by atoms with Gasteiger partial charge in [0.05, 0.1) is 5.92 Å². The summed E-state index contributed by atoms with van der Waals surface area (Å²) in [6.45, 7) is 2.21. The largest absolute Gasteiger partial charge is 0.508 e. The van der Waals surface area contributed by atoms with Crippen molar-refractivity contribution in [3.63, 3.8) is 0 Å². The molecule has 5 nitrogen and oxygen atoms in total. The van der Waals surface area contributed by atoms with Gasteiger partial charge in [0.2, 0.25) is 0 Å². The highest BCUT2D eigenvalue weighted by Gasteiger charge is 2.38. The van der Waals surface area contributed by atoms with Crippen LogP contribution in [0.5, 0.6) is 5.75 Å². The molecule has 0 bridgehead atoms. The fourth-order valence-electron chi connectivity index (χ4n) is 2.33. The van der Waals surface area contributed by atoms with Gasteiger partial charge in [0.25, 0.3) is 5.91 Å². The van der Waals surface area contributed by atoms with Crippen molar-refractivity contribution in [2.75, 3.05) is 6.54 Å². The zero-order valence-electron chi connectivity index (χ0n) is 10.0. The van der Waals surface area contributed by atoms with Gasteiger partial charge in [0, 0.05) is 18.2 Å². The number of aromatic hydroxyl groups is 1. The van der Waals surface area contributed by atoms with Crippen molar-refractivity contribution < 1.29 is 19.8 Å². The normalized spacial score (nSPS) is 23.1. The lowest BCUT2D eigenvalue weighted by atomic mass is 10.0. The Balaban J connectivity index is 2.15. The maximum absolute atomic E-state index is 12.2. The molecule has 1 heterocycles. The van der Waals surface area contributed by atoms with E-state index in [1.165, 1.54) is 12.1 Å². The number of phenolic OH excluding ortho intramolecular Hbond substituents is 1. The van der Waals surface area contributed by atoms with E-state index >= 15 is 0 Å². The molecule has 1 aliphatic heterocycles. The molecule has 1 aromatic rings. The minimum absolute atomic E-state index is 0.101. The number of carbonyl (C=O) groups excluding carboxylic acids is 1. The zero-order valence-corrected chi connectivity index (χ0v) is 10.0. The smallest absolute Gasteiger partial charge is 0.308 e. The van der Waals surface area contributed by atoms with Crippen LogP contribution in [0.4, 0.5) is 0 Å². The number of carboxylic acids is 1. The standard InChI is InChI=1S/C13H15NO4/c1-8-11(13(17)18)6-7-14(8)12(16)9-2-4-10(15)5-3-9/h2-5,8,11,15H,6-7H2,1H3,(H,17,18). The summed E-state index contributed by atoms with van der Waals surface area (Å²) in [5.41, 5.74) is 0.464. The number of aliphatic carboxylic acids is 1. The van der Waals surface area contributed by atoms with E-state index in [1.54, 1.807) is 24.0 Å². The number of carboxylic acid groups (broad SMARTS) is 1. The van der Waals surface area contributed by atoms with Gasteiger partial charge in [-0.05, 0) is 37.6 Å². The van der Waals surface area contributed by atoms with Gasteiger partial charge in [0.1, 0.15) is 5.75 Å². The van der Waals surface area contributed by atoms with Crippen LogP contribution in [0, 0.1) is 5.92 Å². The first kappa shape index (κ1) is 12.4. The predicted molar refractivity (Wildman–Crippen MR) is 64.3 cm³/mol. The molecule has 2 rings (SSSR count). The predicted octanol–water partition coefficient (Wildman–Crippen LogP) is 1.33. The summed E-state index contributed by atoms with van der Waals surface area (Å²) < 4.78 is 0. The third-order valence-corrected chi connectivity index (χ3v) is 3.45. The van der Waals surface area contributed by atoms with Crippen LogP contribution in [0.1, 0.15) is 23.7 Å². The van der Waals surface area contributed by atoms with E-state index < -0.39 is 11.9 Å². The summed E-state index contributed by atoms with van der Waals surface area (Å²) in [5.74, 6) is -1.44. The number of nitrogens with zero attached hydrogens (tertiary/aromatic N) is 1. The monoisotopic (exact) mass is 249 g/mol. The summed E-state index contributed by atoms with van der Waals surface area (Å²) >= 11 is 0. The molecule has 2 N–H and O–H groups in total. The molecule has 0 radical (unpaired) electrons. The Kier molecular flexibility index (Phi) is 3.23. The highest BCUT2D eigenvalue weighted by atomic mass is 16.4. The number of amides is 1. The minimum atomic E-state index is -0.858. The van der Waals surface area contributed by atoms with E-state index in [0.717, 1.165) is 0 Å². The molecule has 1 aliphatic rings. The van der Waals surface area contributed by atoms with E-state index in [0.29, 0.717) is 18.5 Å². The summed E-state index contributed by atoms with van der Waals surface area (Å²) in [7, 11) is 0. The molecule has 2 atom stereocenters. The Bertz CT molecular complexity index is 468. The van der Waals surface area contributed by atoms with Crippen LogP contribution in [-0.4, -0.2) is 39.6 Å². The molecule has 1 aromatic carbocycles. The first-order chi connectivity index (χ1) is 8.50. The Labute approximate surface area is 105 Å². The highest BCUT2D eigenvalue weighted by molar-refractivity contribution is 5.95. The lowest BCUT2D eigenvalue weighted by Gasteiger charge is -2.23. The Morgan fingerprint density at radius 1 is 1.28 bits per heavy atom. The molecule has 96 valence electrons. The fraction of sp³-hybridized carbons (Fsp3) is 0.385. The molecule has 18 heavy (non-hydrogen) atoms. The van der Waals surface area contributed by atoms with Gasteiger partial charge in [-0.15, -0.1) is 0 Å². The second-order valence-electron chi connectivity index (χ2n) is 4.52. The molecular formula is C13H15NO4. The lowest BCUT2D eigenvalue weighted by molar-refractivity contribution is -0.142. The van der Waals surface area contributed by atoms with Crippen LogP contribution in [0.3, 0.4) is 0 Å². The van der Waals surface area contributed by atoms with Gasteiger partial charge >= 0.3 is 5.97 Å². The number of hydrogen-bond donors (Lipinski definition) is 2. The van der Waals surface area contributed by atoms with Crippen molar-refractivity contribution in [3.05, 3.63) is 29.8 Å². The maximum Gasteiger partial charge on any atom is 0.308 e. The molecule has 0 aliphatic carbocycles. The summed E-state index contributed by atoms with van der Waals surface area (Å²) in [5, 5.41) is 18.2. The van der Waals surface area contributed by atoms with E-state index in [-0.39, 0.29) is 17.7 Å². The van der Waals surface area contributed by atoms with Crippen molar-refractivity contribution in [1.82, 2.24) is 4.90 Å². The van der Waals surface area contributed by atoms with Crippen LogP contribution < -0.4 is 0 Å². The average Bonchev–Trinajstić information content (AvgIpc) is 2.71. The Morgan fingerprint density at radius 2 is 1.89 bits per heavy atom. The van der Waals surface area contributed by atoms with Crippen LogP contribution in [-0.2, 0) is 4.79 Å². The third-order valence-electron chi connectivity index (χ3n) is 3.45. The van der Waals surface area contributed by atoms with Gasteiger partial charge in [-0.3, -0.25) is 9.59 Å². The second-order valence-corrected chi connectivity index (χ2v) is 4.52. The number of hydrogen-bond acceptors (Lipinski definition) is 3. The fourth-order valence-corrected chi connectivity index (χ4v) is 2.33. The van der Waals surface area contributed by atoms with Crippen molar-refractivity contribution >= 4 is 11.9 Å². The van der Waals surface area contributed by atoms with Crippen molar-refractivity contribution in [2.45, 2.75) is 19.4 Å². The van der Waals surface area contributed by atoms with Gasteiger partial charge in [-0.2, -0.15) is 0 Å². The summed E-state index contributed by atoms with van der Waals surface area (Å²) in [6.07, 6.45) is 0.486. The van der Waals surface area contributed by atoms with Gasteiger partial charge in [-0.25, -0.2) is 0 Å². The molecule has 2 unspecified atom stereocenters. The van der Waals surface area contributed by atoms with Gasteiger partial charge in [-0.1, -0.05) is 0 Å². The molecule has 0 aromatic heterocycles. The summed E-state index contributed by atoms with van der Waals surface area (Å²) in [4.78, 5) is 24.8. The Morgan fingerprint density at radius 3 is 2.39 bits per heavy atom. The maximum atomic E-state index is 12.2. The zero-order chi connectivity index (χ0) is 13.3. The molecule has 0 saturated carbocycles. The molecular weight excluding hydrogens is 234 g/mol. The highest BCUT2D eigenvalue weighted by Crippen LogP contribution is 2.26. The Hall–Kier alpha value is -2.04. The van der Waals surface area contributed by atoms with E-state index in [2.05, 4.69) is 0 Å². The first-order valence-corrected chi connectivity index (χ1v) is 5.83. The summed E-state index contributed by atoms with van der Waals surface area (Å²) in [6, 6.07) is 5.67. The van der Waals surface area contributed by atoms with Crippen LogP contribution >= 0.6 is 0 Å².